The minimum atomic E-state index is 0.148. The van der Waals surface area contributed by atoms with Crippen molar-refractivity contribution >= 4 is 17.3 Å². The highest BCUT2D eigenvalue weighted by Crippen LogP contribution is 2.50. The Labute approximate surface area is 154 Å². The lowest BCUT2D eigenvalue weighted by Crippen LogP contribution is -2.36. The molecule has 3 atom stereocenters. The van der Waals surface area contributed by atoms with Crippen LogP contribution in [0.1, 0.15) is 47.2 Å². The molecular weight excluding hydrogens is 334 g/mol. The van der Waals surface area contributed by atoms with Crippen LogP contribution in [-0.2, 0) is 4.74 Å². The highest BCUT2D eigenvalue weighted by atomic mass is 35.5. The molecule has 0 unspecified atom stereocenters. The van der Waals surface area contributed by atoms with Crippen molar-refractivity contribution in [2.75, 3.05) is 19.0 Å². The average molecular weight is 358 g/mol. The standard InChI is InChI=1S/C21H24ClNO2/c1-12-9-13(2)19-16(10-12)21-15(5-4-8-25-21)20(23-19)14-6-7-18(24-3)17(22)11-14/h6-7,9-11,15,20-21,23H,4-5,8H2,1-3H3/t15-,20+,21-/m0/s1. The van der Waals surface area contributed by atoms with E-state index < -0.39 is 0 Å². The first-order chi connectivity index (χ1) is 12.1. The van der Waals surface area contributed by atoms with Crippen LogP contribution < -0.4 is 10.1 Å². The molecule has 4 rings (SSSR count). The molecule has 0 amide bonds. The normalized spacial score (nSPS) is 24.9. The first-order valence-electron chi connectivity index (χ1n) is 8.91. The number of hydrogen-bond donors (Lipinski definition) is 1. The van der Waals surface area contributed by atoms with Crippen molar-refractivity contribution < 1.29 is 9.47 Å². The fraction of sp³-hybridized carbons (Fsp3) is 0.429. The second kappa shape index (κ2) is 6.54. The van der Waals surface area contributed by atoms with Crippen LogP contribution in [0.3, 0.4) is 0 Å². The molecule has 2 aliphatic heterocycles. The molecule has 0 aromatic heterocycles. The Morgan fingerprint density at radius 1 is 1.20 bits per heavy atom. The van der Waals surface area contributed by atoms with Crippen LogP contribution >= 0.6 is 11.6 Å². The quantitative estimate of drug-likeness (QED) is 0.758. The molecule has 2 aromatic carbocycles. The Hall–Kier alpha value is -1.71. The van der Waals surface area contributed by atoms with Gasteiger partial charge in [0.15, 0.2) is 0 Å². The second-order valence-corrected chi connectivity index (χ2v) is 7.57. The summed E-state index contributed by atoms with van der Waals surface area (Å²) in [5.74, 6) is 1.12. The smallest absolute Gasteiger partial charge is 0.137 e. The van der Waals surface area contributed by atoms with Gasteiger partial charge in [0.25, 0.3) is 0 Å². The van der Waals surface area contributed by atoms with Crippen LogP contribution in [0.25, 0.3) is 0 Å². The van der Waals surface area contributed by atoms with Crippen LogP contribution in [0.4, 0.5) is 5.69 Å². The molecule has 1 fully saturated rings. The summed E-state index contributed by atoms with van der Waals surface area (Å²) in [6, 6.07) is 10.8. The number of fused-ring (bicyclic) bond motifs is 3. The zero-order valence-corrected chi connectivity index (χ0v) is 15.7. The highest BCUT2D eigenvalue weighted by molar-refractivity contribution is 6.32. The molecule has 0 aliphatic carbocycles. The van der Waals surface area contributed by atoms with E-state index in [1.54, 1.807) is 7.11 Å². The molecule has 132 valence electrons. The predicted octanol–water partition coefficient (Wildman–Crippen LogP) is 5.60. The lowest BCUT2D eigenvalue weighted by atomic mass is 9.76. The summed E-state index contributed by atoms with van der Waals surface area (Å²) in [5, 5.41) is 4.45. The summed E-state index contributed by atoms with van der Waals surface area (Å²) in [7, 11) is 1.65. The van der Waals surface area contributed by atoms with Gasteiger partial charge in [0.1, 0.15) is 5.75 Å². The maximum absolute atomic E-state index is 6.39. The summed E-state index contributed by atoms with van der Waals surface area (Å²) in [6.07, 6.45) is 2.40. The molecule has 0 saturated carbocycles. The van der Waals surface area contributed by atoms with Gasteiger partial charge in [-0.1, -0.05) is 35.4 Å². The van der Waals surface area contributed by atoms with E-state index in [1.165, 1.54) is 27.9 Å². The third-order valence-electron chi connectivity index (χ3n) is 5.45. The van der Waals surface area contributed by atoms with Gasteiger partial charge in [-0.25, -0.2) is 0 Å². The molecule has 4 heteroatoms. The molecule has 0 spiro atoms. The van der Waals surface area contributed by atoms with Crippen LogP contribution in [0.5, 0.6) is 5.75 Å². The van der Waals surface area contributed by atoms with E-state index in [-0.39, 0.29) is 12.1 Å². The Morgan fingerprint density at radius 3 is 2.80 bits per heavy atom. The summed E-state index contributed by atoms with van der Waals surface area (Å²) < 4.78 is 11.6. The summed E-state index contributed by atoms with van der Waals surface area (Å²) >= 11 is 6.39. The monoisotopic (exact) mass is 357 g/mol. The van der Waals surface area contributed by atoms with E-state index in [9.17, 15) is 0 Å². The van der Waals surface area contributed by atoms with Gasteiger partial charge >= 0.3 is 0 Å². The summed E-state index contributed by atoms with van der Waals surface area (Å²) in [4.78, 5) is 0. The third kappa shape index (κ3) is 2.90. The number of anilines is 1. The second-order valence-electron chi connectivity index (χ2n) is 7.16. The van der Waals surface area contributed by atoms with Gasteiger partial charge in [-0.15, -0.1) is 0 Å². The van der Waals surface area contributed by atoms with Crippen molar-refractivity contribution in [1.82, 2.24) is 0 Å². The van der Waals surface area contributed by atoms with Gasteiger partial charge < -0.3 is 14.8 Å². The summed E-state index contributed by atoms with van der Waals surface area (Å²) in [6.45, 7) is 5.16. The van der Waals surface area contributed by atoms with E-state index in [0.29, 0.717) is 16.7 Å². The van der Waals surface area contributed by atoms with Gasteiger partial charge in [-0.05, 0) is 49.9 Å². The number of benzene rings is 2. The van der Waals surface area contributed by atoms with E-state index in [4.69, 9.17) is 21.1 Å². The first kappa shape index (κ1) is 16.7. The molecule has 2 heterocycles. The zero-order chi connectivity index (χ0) is 17.6. The van der Waals surface area contributed by atoms with Crippen molar-refractivity contribution in [1.29, 1.82) is 0 Å². The fourth-order valence-electron chi connectivity index (χ4n) is 4.36. The molecule has 2 aromatic rings. The molecule has 25 heavy (non-hydrogen) atoms. The van der Waals surface area contributed by atoms with Gasteiger partial charge in [0.05, 0.1) is 24.3 Å². The molecular formula is C21H24ClNO2. The van der Waals surface area contributed by atoms with Gasteiger partial charge in [-0.3, -0.25) is 0 Å². The van der Waals surface area contributed by atoms with Crippen LogP contribution in [-0.4, -0.2) is 13.7 Å². The summed E-state index contributed by atoms with van der Waals surface area (Å²) in [5.41, 5.74) is 6.27. The van der Waals surface area contributed by atoms with Gasteiger partial charge in [-0.2, -0.15) is 0 Å². The Morgan fingerprint density at radius 2 is 2.04 bits per heavy atom. The van der Waals surface area contributed by atoms with E-state index in [1.807, 2.05) is 12.1 Å². The molecule has 3 nitrogen and oxygen atoms in total. The van der Waals surface area contributed by atoms with E-state index in [2.05, 4.69) is 37.4 Å². The van der Waals surface area contributed by atoms with Crippen molar-refractivity contribution in [3.05, 3.63) is 57.6 Å². The van der Waals surface area contributed by atoms with Crippen LogP contribution in [0, 0.1) is 19.8 Å². The molecule has 0 bridgehead atoms. The number of rotatable bonds is 2. The number of hydrogen-bond acceptors (Lipinski definition) is 3. The van der Waals surface area contributed by atoms with Crippen molar-refractivity contribution in [3.63, 3.8) is 0 Å². The largest absolute Gasteiger partial charge is 0.495 e. The molecule has 2 aliphatic rings. The average Bonchev–Trinajstić information content (AvgIpc) is 2.61. The Kier molecular flexibility index (Phi) is 4.38. The first-order valence-corrected chi connectivity index (χ1v) is 9.29. The molecule has 1 saturated heterocycles. The van der Waals surface area contributed by atoms with E-state index >= 15 is 0 Å². The topological polar surface area (TPSA) is 30.5 Å². The molecule has 0 radical (unpaired) electrons. The third-order valence-corrected chi connectivity index (χ3v) is 5.74. The number of ether oxygens (including phenoxy) is 2. The Balaban J connectivity index is 1.79. The SMILES string of the molecule is COc1ccc([C@H]2Nc3c(C)cc(C)cc3[C@H]3OCCC[C@@H]23)cc1Cl. The predicted molar refractivity (Wildman–Crippen MR) is 102 cm³/mol. The fourth-order valence-corrected chi connectivity index (χ4v) is 4.62. The Bertz CT molecular complexity index is 805. The lowest BCUT2D eigenvalue weighted by molar-refractivity contribution is -0.0382. The lowest BCUT2D eigenvalue weighted by Gasteiger charge is -2.44. The van der Waals surface area contributed by atoms with Crippen molar-refractivity contribution in [3.8, 4) is 5.75 Å². The van der Waals surface area contributed by atoms with Crippen molar-refractivity contribution in [2.45, 2.75) is 38.8 Å². The van der Waals surface area contributed by atoms with Crippen molar-refractivity contribution in [2.24, 2.45) is 5.92 Å². The number of aryl methyl sites for hydroxylation is 2. The van der Waals surface area contributed by atoms with Crippen LogP contribution in [0.2, 0.25) is 5.02 Å². The van der Waals surface area contributed by atoms with Gasteiger partial charge in [0.2, 0.25) is 0 Å². The number of halogens is 1. The number of methoxy groups -OCH3 is 1. The minimum Gasteiger partial charge on any atom is -0.495 e. The van der Waals surface area contributed by atoms with E-state index in [0.717, 1.165) is 19.4 Å². The molecule has 1 N–H and O–H groups in total. The van der Waals surface area contributed by atoms with Gasteiger partial charge in [0, 0.05) is 23.8 Å². The minimum absolute atomic E-state index is 0.148. The highest BCUT2D eigenvalue weighted by Gasteiger charge is 2.40. The maximum Gasteiger partial charge on any atom is 0.137 e. The maximum atomic E-state index is 6.39. The van der Waals surface area contributed by atoms with Crippen LogP contribution in [0.15, 0.2) is 30.3 Å². The zero-order valence-electron chi connectivity index (χ0n) is 14.9. The number of nitrogens with one attached hydrogen (secondary N) is 1.